The number of nitrogens with one attached hydrogen (secondary N) is 2. The van der Waals surface area contributed by atoms with Crippen LogP contribution in [0, 0.1) is 0 Å². The summed E-state index contributed by atoms with van der Waals surface area (Å²) in [6.07, 6.45) is 4.76. The average Bonchev–Trinajstić information content (AvgIpc) is 3.20. The van der Waals surface area contributed by atoms with Crippen LogP contribution in [-0.2, 0) is 4.79 Å². The predicted molar refractivity (Wildman–Crippen MR) is 93.1 cm³/mol. The predicted octanol–water partition coefficient (Wildman–Crippen LogP) is 2.43. The summed E-state index contributed by atoms with van der Waals surface area (Å²) in [6, 6.07) is 7.57. The van der Waals surface area contributed by atoms with Crippen LogP contribution in [0.5, 0.6) is 0 Å². The largest absolute Gasteiger partial charge is 0.339 e. The summed E-state index contributed by atoms with van der Waals surface area (Å²) in [5.74, 6) is -0.00605. The van der Waals surface area contributed by atoms with E-state index in [9.17, 15) is 9.59 Å². The van der Waals surface area contributed by atoms with E-state index < -0.39 is 0 Å². The summed E-state index contributed by atoms with van der Waals surface area (Å²) in [6.45, 7) is 2.61. The maximum Gasteiger partial charge on any atom is 0.255 e. The van der Waals surface area contributed by atoms with Crippen LogP contribution in [0.25, 0.3) is 0 Å². The maximum absolute atomic E-state index is 12.6. The number of para-hydroxylation sites is 1. The van der Waals surface area contributed by atoms with Crippen LogP contribution in [0.1, 0.15) is 42.5 Å². The molecule has 0 aromatic heterocycles. The molecule has 2 aliphatic heterocycles. The highest BCUT2D eigenvalue weighted by atomic mass is 35.5. The molecule has 126 valence electrons. The third-order valence-corrected chi connectivity index (χ3v) is 4.42. The molecule has 2 heterocycles. The van der Waals surface area contributed by atoms with Crippen LogP contribution in [0.15, 0.2) is 24.3 Å². The number of anilines is 1. The summed E-state index contributed by atoms with van der Waals surface area (Å²) < 4.78 is 0. The second kappa shape index (κ2) is 8.31. The molecule has 2 N–H and O–H groups in total. The number of carbonyl (C=O) groups is 2. The monoisotopic (exact) mass is 337 g/mol. The molecule has 5 nitrogen and oxygen atoms in total. The van der Waals surface area contributed by atoms with Gasteiger partial charge < -0.3 is 15.5 Å². The van der Waals surface area contributed by atoms with Crippen LogP contribution >= 0.6 is 12.4 Å². The zero-order chi connectivity index (χ0) is 15.4. The van der Waals surface area contributed by atoms with Crippen molar-refractivity contribution in [3.8, 4) is 0 Å². The third kappa shape index (κ3) is 4.45. The second-order valence-electron chi connectivity index (χ2n) is 6.09. The number of hydrogen-bond donors (Lipinski definition) is 2. The Hall–Kier alpha value is -1.59. The molecule has 1 atom stereocenters. The van der Waals surface area contributed by atoms with Gasteiger partial charge in [-0.15, -0.1) is 12.4 Å². The zero-order valence-corrected chi connectivity index (χ0v) is 14.0. The Balaban J connectivity index is 0.00000192. The molecule has 2 saturated heterocycles. The fraction of sp³-hybridized carbons (Fsp3) is 0.529. The lowest BCUT2D eigenvalue weighted by Crippen LogP contribution is -2.30. The van der Waals surface area contributed by atoms with Gasteiger partial charge in [0.05, 0.1) is 11.3 Å². The molecule has 2 fully saturated rings. The molecule has 23 heavy (non-hydrogen) atoms. The van der Waals surface area contributed by atoms with E-state index in [4.69, 9.17) is 0 Å². The lowest BCUT2D eigenvalue weighted by molar-refractivity contribution is -0.116. The minimum Gasteiger partial charge on any atom is -0.339 e. The van der Waals surface area contributed by atoms with Crippen molar-refractivity contribution in [2.24, 2.45) is 0 Å². The molecular formula is C17H24ClN3O2. The van der Waals surface area contributed by atoms with Gasteiger partial charge in [0.15, 0.2) is 0 Å². The molecule has 0 saturated carbocycles. The van der Waals surface area contributed by atoms with E-state index in [-0.39, 0.29) is 30.3 Å². The lowest BCUT2D eigenvalue weighted by Gasteiger charge is -2.18. The molecule has 2 aliphatic rings. The number of hydrogen-bond acceptors (Lipinski definition) is 3. The van der Waals surface area contributed by atoms with Crippen LogP contribution in [0.4, 0.5) is 5.69 Å². The first-order valence-corrected chi connectivity index (χ1v) is 8.15. The molecule has 1 aromatic rings. The van der Waals surface area contributed by atoms with Gasteiger partial charge in [-0.25, -0.2) is 0 Å². The van der Waals surface area contributed by atoms with Crippen molar-refractivity contribution in [2.75, 3.05) is 25.0 Å². The second-order valence-corrected chi connectivity index (χ2v) is 6.09. The van der Waals surface area contributed by atoms with Crippen molar-refractivity contribution in [3.05, 3.63) is 29.8 Å². The van der Waals surface area contributed by atoms with Crippen LogP contribution in [0.3, 0.4) is 0 Å². The molecule has 0 spiro atoms. The first-order chi connectivity index (χ1) is 10.7. The Morgan fingerprint density at radius 3 is 2.61 bits per heavy atom. The number of amides is 2. The molecule has 6 heteroatoms. The highest BCUT2D eigenvalue weighted by molar-refractivity contribution is 6.03. The molecule has 1 aromatic carbocycles. The van der Waals surface area contributed by atoms with Crippen molar-refractivity contribution in [1.82, 2.24) is 10.2 Å². The summed E-state index contributed by atoms with van der Waals surface area (Å²) in [5.41, 5.74) is 1.22. The van der Waals surface area contributed by atoms with Gasteiger partial charge in [0, 0.05) is 25.6 Å². The van der Waals surface area contributed by atoms with Gasteiger partial charge in [0.1, 0.15) is 0 Å². The number of halogens is 1. The summed E-state index contributed by atoms with van der Waals surface area (Å²) in [4.78, 5) is 26.6. The lowest BCUT2D eigenvalue weighted by atomic mass is 10.1. The Morgan fingerprint density at radius 1 is 1.17 bits per heavy atom. The number of rotatable bonds is 4. The van der Waals surface area contributed by atoms with Crippen molar-refractivity contribution >= 4 is 29.9 Å². The van der Waals surface area contributed by atoms with Gasteiger partial charge in [0.2, 0.25) is 5.91 Å². The van der Waals surface area contributed by atoms with Gasteiger partial charge in [-0.2, -0.15) is 0 Å². The van der Waals surface area contributed by atoms with Gasteiger partial charge in [-0.05, 0) is 44.4 Å². The number of carbonyl (C=O) groups excluding carboxylic acids is 2. The fourth-order valence-corrected chi connectivity index (χ4v) is 3.23. The summed E-state index contributed by atoms with van der Waals surface area (Å²) in [5, 5.41) is 6.23. The molecule has 3 rings (SSSR count). The van der Waals surface area contributed by atoms with Crippen LogP contribution < -0.4 is 10.6 Å². The maximum atomic E-state index is 12.6. The van der Waals surface area contributed by atoms with Crippen molar-refractivity contribution in [3.63, 3.8) is 0 Å². The summed E-state index contributed by atoms with van der Waals surface area (Å²) in [7, 11) is 0. The molecule has 0 bridgehead atoms. The van der Waals surface area contributed by atoms with Gasteiger partial charge >= 0.3 is 0 Å². The van der Waals surface area contributed by atoms with Crippen LogP contribution in [0.2, 0.25) is 0 Å². The molecule has 0 radical (unpaired) electrons. The van der Waals surface area contributed by atoms with Crippen LogP contribution in [-0.4, -0.2) is 42.4 Å². The Labute approximate surface area is 143 Å². The van der Waals surface area contributed by atoms with E-state index in [1.807, 2.05) is 23.1 Å². The number of nitrogens with zero attached hydrogens (tertiary/aromatic N) is 1. The van der Waals surface area contributed by atoms with Crippen molar-refractivity contribution in [2.45, 2.75) is 38.1 Å². The third-order valence-electron chi connectivity index (χ3n) is 4.42. The first-order valence-electron chi connectivity index (χ1n) is 8.15. The zero-order valence-electron chi connectivity index (χ0n) is 13.2. The van der Waals surface area contributed by atoms with Gasteiger partial charge in [0.25, 0.3) is 5.91 Å². The van der Waals surface area contributed by atoms with E-state index in [0.29, 0.717) is 17.7 Å². The number of benzene rings is 1. The van der Waals surface area contributed by atoms with Gasteiger partial charge in [-0.1, -0.05) is 12.1 Å². The fourth-order valence-electron chi connectivity index (χ4n) is 3.23. The minimum absolute atomic E-state index is 0. The minimum atomic E-state index is -0.0268. The van der Waals surface area contributed by atoms with E-state index in [0.717, 1.165) is 45.3 Å². The molecule has 0 aliphatic carbocycles. The van der Waals surface area contributed by atoms with Gasteiger partial charge in [-0.3, -0.25) is 9.59 Å². The van der Waals surface area contributed by atoms with Crippen molar-refractivity contribution < 1.29 is 9.59 Å². The van der Waals surface area contributed by atoms with E-state index >= 15 is 0 Å². The average molecular weight is 338 g/mol. The summed E-state index contributed by atoms with van der Waals surface area (Å²) >= 11 is 0. The van der Waals surface area contributed by atoms with E-state index in [2.05, 4.69) is 10.6 Å². The number of likely N-dealkylation sites (tertiary alicyclic amines) is 1. The molecule has 1 unspecified atom stereocenters. The SMILES string of the molecule is Cl.O=C(CC1CCCN1)Nc1ccccc1C(=O)N1CCCC1. The van der Waals surface area contributed by atoms with E-state index in [1.165, 1.54) is 0 Å². The normalized spacial score (nSPS) is 20.2. The Bertz CT molecular complexity index is 553. The van der Waals surface area contributed by atoms with Crippen molar-refractivity contribution in [1.29, 1.82) is 0 Å². The smallest absolute Gasteiger partial charge is 0.255 e. The standard InChI is InChI=1S/C17H23N3O2.ClH/c21-16(12-13-6-5-9-18-13)19-15-8-2-1-7-14(15)17(22)20-10-3-4-11-20;/h1-2,7-8,13,18H,3-6,9-12H2,(H,19,21);1H. The topological polar surface area (TPSA) is 61.4 Å². The Kier molecular flexibility index (Phi) is 6.42. The first kappa shape index (κ1) is 17.8. The quantitative estimate of drug-likeness (QED) is 0.887. The molecular weight excluding hydrogens is 314 g/mol. The Morgan fingerprint density at radius 2 is 1.91 bits per heavy atom. The molecule has 2 amide bonds. The van der Waals surface area contributed by atoms with E-state index in [1.54, 1.807) is 6.07 Å². The highest BCUT2D eigenvalue weighted by Crippen LogP contribution is 2.21. The highest BCUT2D eigenvalue weighted by Gasteiger charge is 2.23.